The quantitative estimate of drug-likeness (QED) is 0.430. The van der Waals surface area contributed by atoms with Crippen LogP contribution in [0.15, 0.2) is 41.6 Å². The van der Waals surface area contributed by atoms with Crippen LogP contribution in [0.1, 0.15) is 40.4 Å². The Hall–Kier alpha value is -2.52. The number of benzene rings is 1. The van der Waals surface area contributed by atoms with E-state index in [1.807, 2.05) is 10.6 Å². The van der Waals surface area contributed by atoms with E-state index >= 15 is 0 Å². The van der Waals surface area contributed by atoms with Crippen LogP contribution in [0.25, 0.3) is 11.4 Å². The Kier molecular flexibility index (Phi) is 5.77. The Balaban J connectivity index is 1.47. The number of nitrogens with zero attached hydrogens (tertiary/aromatic N) is 3. The van der Waals surface area contributed by atoms with Crippen LogP contribution in [0.2, 0.25) is 0 Å². The van der Waals surface area contributed by atoms with E-state index in [4.69, 9.17) is 0 Å². The van der Waals surface area contributed by atoms with E-state index in [-0.39, 0.29) is 29.3 Å². The third-order valence-corrected chi connectivity index (χ3v) is 6.54. The molecule has 1 aliphatic carbocycles. The minimum absolute atomic E-state index is 0.00753. The average Bonchev–Trinajstić information content (AvgIpc) is 3.27. The maximum absolute atomic E-state index is 14.2. The van der Waals surface area contributed by atoms with Crippen molar-refractivity contribution in [3.05, 3.63) is 52.0 Å². The number of carbonyl (C=O) groups is 2. The molecular weight excluding hydrogens is 411 g/mol. The number of thioether (sulfide) groups is 1. The fourth-order valence-corrected chi connectivity index (χ4v) is 4.76. The van der Waals surface area contributed by atoms with Gasteiger partial charge in [-0.3, -0.25) is 14.2 Å². The molecule has 1 aliphatic rings. The second kappa shape index (κ2) is 8.46. The Morgan fingerprint density at radius 1 is 1.24 bits per heavy atom. The molecular formula is C20H19FN4O2S2. The van der Waals surface area contributed by atoms with Crippen molar-refractivity contribution in [3.8, 4) is 11.4 Å². The van der Waals surface area contributed by atoms with Crippen LogP contribution in [0.3, 0.4) is 0 Å². The molecule has 150 valence electrons. The number of aromatic nitrogens is 3. The zero-order valence-electron chi connectivity index (χ0n) is 15.7. The van der Waals surface area contributed by atoms with E-state index in [0.29, 0.717) is 28.0 Å². The van der Waals surface area contributed by atoms with Gasteiger partial charge >= 0.3 is 0 Å². The summed E-state index contributed by atoms with van der Waals surface area (Å²) < 4.78 is 16.2. The van der Waals surface area contributed by atoms with Crippen LogP contribution in [0.5, 0.6) is 0 Å². The molecule has 0 aliphatic heterocycles. The second-order valence-electron chi connectivity index (χ2n) is 6.77. The van der Waals surface area contributed by atoms with Gasteiger partial charge < -0.3 is 5.32 Å². The standard InChI is InChI=1S/C20H19FN4O2S2/c1-12(26)22-10-14-8-9-18(29-14)17(27)11-28-20-24-23-19(25(20)13-6-7-13)15-4-2-3-5-16(15)21/h2-5,8-9,13H,6-7,10-11H2,1H3,(H,22,26). The fraction of sp³-hybridized carbons (Fsp3) is 0.300. The van der Waals surface area contributed by atoms with E-state index in [0.717, 1.165) is 17.7 Å². The van der Waals surface area contributed by atoms with Gasteiger partial charge in [0, 0.05) is 17.8 Å². The number of rotatable bonds is 8. The molecule has 3 aromatic rings. The van der Waals surface area contributed by atoms with Crippen LogP contribution < -0.4 is 5.32 Å². The summed E-state index contributed by atoms with van der Waals surface area (Å²) in [4.78, 5) is 25.2. The summed E-state index contributed by atoms with van der Waals surface area (Å²) in [6.45, 7) is 1.88. The molecule has 1 amide bonds. The van der Waals surface area contributed by atoms with Gasteiger partial charge in [0.05, 0.1) is 22.7 Å². The van der Waals surface area contributed by atoms with Crippen molar-refractivity contribution in [2.24, 2.45) is 0 Å². The number of ketones is 1. The number of halogens is 1. The summed E-state index contributed by atoms with van der Waals surface area (Å²) in [5.41, 5.74) is 0.422. The van der Waals surface area contributed by atoms with Gasteiger partial charge in [-0.2, -0.15) is 0 Å². The van der Waals surface area contributed by atoms with Gasteiger partial charge in [0.2, 0.25) is 5.91 Å². The van der Waals surface area contributed by atoms with E-state index in [2.05, 4.69) is 15.5 Å². The molecule has 1 N–H and O–H groups in total. The predicted molar refractivity (Wildman–Crippen MR) is 111 cm³/mol. The molecule has 2 heterocycles. The van der Waals surface area contributed by atoms with Crippen LogP contribution in [-0.4, -0.2) is 32.2 Å². The number of amides is 1. The molecule has 9 heteroatoms. The monoisotopic (exact) mass is 430 g/mol. The fourth-order valence-electron chi connectivity index (χ4n) is 2.90. The van der Waals surface area contributed by atoms with Gasteiger partial charge in [-0.1, -0.05) is 23.9 Å². The molecule has 1 aromatic carbocycles. The summed E-state index contributed by atoms with van der Waals surface area (Å²) in [5.74, 6) is 0.287. The van der Waals surface area contributed by atoms with Crippen molar-refractivity contribution in [3.63, 3.8) is 0 Å². The van der Waals surface area contributed by atoms with Crippen molar-refractivity contribution in [1.29, 1.82) is 0 Å². The third kappa shape index (κ3) is 4.56. The Morgan fingerprint density at radius 3 is 2.76 bits per heavy atom. The topological polar surface area (TPSA) is 76.9 Å². The first kappa shape index (κ1) is 19.8. The van der Waals surface area contributed by atoms with Crippen molar-refractivity contribution >= 4 is 34.8 Å². The number of nitrogens with one attached hydrogen (secondary N) is 1. The number of thiophene rings is 1. The summed E-state index contributed by atoms with van der Waals surface area (Å²) in [7, 11) is 0. The summed E-state index contributed by atoms with van der Waals surface area (Å²) >= 11 is 2.70. The third-order valence-electron chi connectivity index (χ3n) is 4.47. The van der Waals surface area contributed by atoms with Gasteiger partial charge in [0.15, 0.2) is 16.8 Å². The number of carbonyl (C=O) groups excluding carboxylic acids is 2. The highest BCUT2D eigenvalue weighted by Gasteiger charge is 2.31. The molecule has 0 bridgehead atoms. The molecule has 6 nitrogen and oxygen atoms in total. The minimum Gasteiger partial charge on any atom is -0.351 e. The highest BCUT2D eigenvalue weighted by atomic mass is 32.2. The molecule has 0 atom stereocenters. The average molecular weight is 431 g/mol. The van der Waals surface area contributed by atoms with Gasteiger partial charge in [-0.15, -0.1) is 21.5 Å². The van der Waals surface area contributed by atoms with Crippen LogP contribution in [0, 0.1) is 5.82 Å². The first-order valence-corrected chi connectivity index (χ1v) is 11.0. The molecule has 2 aromatic heterocycles. The van der Waals surface area contributed by atoms with Gasteiger partial charge in [0.25, 0.3) is 0 Å². The lowest BCUT2D eigenvalue weighted by molar-refractivity contribution is -0.119. The lowest BCUT2D eigenvalue weighted by atomic mass is 10.2. The minimum atomic E-state index is -0.334. The van der Waals surface area contributed by atoms with E-state index in [1.165, 1.54) is 36.1 Å². The molecule has 0 radical (unpaired) electrons. The lowest BCUT2D eigenvalue weighted by Crippen LogP contribution is -2.18. The Bertz CT molecular complexity index is 1060. The van der Waals surface area contributed by atoms with Crippen molar-refractivity contribution in [2.45, 2.75) is 37.5 Å². The molecule has 0 unspecified atom stereocenters. The number of hydrogen-bond donors (Lipinski definition) is 1. The molecule has 1 fully saturated rings. The van der Waals surface area contributed by atoms with Crippen LogP contribution >= 0.6 is 23.1 Å². The highest BCUT2D eigenvalue weighted by molar-refractivity contribution is 7.99. The second-order valence-corrected chi connectivity index (χ2v) is 8.89. The molecule has 1 saturated carbocycles. The molecule has 0 saturated heterocycles. The lowest BCUT2D eigenvalue weighted by Gasteiger charge is -2.09. The molecule has 4 rings (SSSR count). The largest absolute Gasteiger partial charge is 0.351 e. The van der Waals surface area contributed by atoms with Crippen molar-refractivity contribution < 1.29 is 14.0 Å². The SMILES string of the molecule is CC(=O)NCc1ccc(C(=O)CSc2nnc(-c3ccccc3F)n2C2CC2)s1. The van der Waals surface area contributed by atoms with Gasteiger partial charge in [0.1, 0.15) is 5.82 Å². The predicted octanol–water partition coefficient (Wildman–Crippen LogP) is 4.09. The first-order valence-electron chi connectivity index (χ1n) is 9.22. The maximum Gasteiger partial charge on any atom is 0.217 e. The molecule has 29 heavy (non-hydrogen) atoms. The van der Waals surface area contributed by atoms with Crippen molar-refractivity contribution in [1.82, 2.24) is 20.1 Å². The normalized spacial score (nSPS) is 13.4. The van der Waals surface area contributed by atoms with Crippen LogP contribution in [0.4, 0.5) is 4.39 Å². The smallest absolute Gasteiger partial charge is 0.217 e. The molecule has 0 spiro atoms. The van der Waals surface area contributed by atoms with Gasteiger partial charge in [-0.25, -0.2) is 4.39 Å². The van der Waals surface area contributed by atoms with Crippen LogP contribution in [-0.2, 0) is 11.3 Å². The number of Topliss-reactive ketones (excluding diaryl/α,β-unsaturated/α-hetero) is 1. The zero-order valence-corrected chi connectivity index (χ0v) is 17.4. The maximum atomic E-state index is 14.2. The van der Waals surface area contributed by atoms with Gasteiger partial charge in [-0.05, 0) is 37.1 Å². The van der Waals surface area contributed by atoms with E-state index in [1.54, 1.807) is 24.3 Å². The van der Waals surface area contributed by atoms with Crippen molar-refractivity contribution in [2.75, 3.05) is 5.75 Å². The summed E-state index contributed by atoms with van der Waals surface area (Å²) in [6, 6.07) is 10.4. The van der Waals surface area contributed by atoms with E-state index in [9.17, 15) is 14.0 Å². The highest BCUT2D eigenvalue weighted by Crippen LogP contribution is 2.41. The summed E-state index contributed by atoms with van der Waals surface area (Å²) in [5, 5.41) is 11.8. The van der Waals surface area contributed by atoms with E-state index < -0.39 is 0 Å². The Morgan fingerprint density at radius 2 is 2.03 bits per heavy atom. The number of hydrogen-bond acceptors (Lipinski definition) is 6. The summed E-state index contributed by atoms with van der Waals surface area (Å²) in [6.07, 6.45) is 2.00. The zero-order chi connectivity index (χ0) is 20.4. The Labute approximate surface area is 175 Å². The first-order chi connectivity index (χ1) is 14.0.